The number of hydrogen-bond donors (Lipinski definition) is 2. The fourth-order valence-electron chi connectivity index (χ4n) is 1.81. The van der Waals surface area contributed by atoms with Gasteiger partial charge in [-0.3, -0.25) is 14.6 Å². The number of rotatable bonds is 6. The van der Waals surface area contributed by atoms with E-state index in [1.807, 2.05) is 13.8 Å². The second-order valence-corrected chi connectivity index (χ2v) is 5.22. The number of carbonyl (C=O) groups is 3. The standard InChI is InChI=1S/C15H21N3O4/c1-10(2)8-12(15(21)22-3)18-14(20)13(19)17-9-11-4-6-16-7-5-11/h4-7,10,12H,8-9H2,1-3H3,(H,17,19)(H,18,20)/t12-/m1/s1. The van der Waals surface area contributed by atoms with E-state index in [4.69, 9.17) is 0 Å². The number of ether oxygens (including phenoxy) is 1. The molecule has 0 saturated heterocycles. The van der Waals surface area contributed by atoms with Gasteiger partial charge in [0.05, 0.1) is 7.11 Å². The summed E-state index contributed by atoms with van der Waals surface area (Å²) in [6, 6.07) is 2.63. The Balaban J connectivity index is 2.53. The van der Waals surface area contributed by atoms with Gasteiger partial charge in [-0.2, -0.15) is 0 Å². The molecule has 2 amide bonds. The molecule has 1 rings (SSSR count). The average molecular weight is 307 g/mol. The van der Waals surface area contributed by atoms with Gasteiger partial charge < -0.3 is 15.4 Å². The van der Waals surface area contributed by atoms with Gasteiger partial charge in [0.1, 0.15) is 6.04 Å². The second kappa shape index (κ2) is 8.76. The van der Waals surface area contributed by atoms with Crippen molar-refractivity contribution in [3.05, 3.63) is 30.1 Å². The third-order valence-electron chi connectivity index (χ3n) is 2.91. The third kappa shape index (κ3) is 5.90. The van der Waals surface area contributed by atoms with Crippen LogP contribution < -0.4 is 10.6 Å². The van der Waals surface area contributed by atoms with Gasteiger partial charge in [-0.1, -0.05) is 13.8 Å². The number of amides is 2. The first kappa shape index (κ1) is 17.6. The topological polar surface area (TPSA) is 97.4 Å². The fourth-order valence-corrected chi connectivity index (χ4v) is 1.81. The maximum absolute atomic E-state index is 11.8. The molecule has 0 bridgehead atoms. The van der Waals surface area contributed by atoms with Crippen LogP contribution in [0.3, 0.4) is 0 Å². The predicted octanol–water partition coefficient (Wildman–Crippen LogP) is 0.402. The summed E-state index contributed by atoms with van der Waals surface area (Å²) in [4.78, 5) is 39.1. The van der Waals surface area contributed by atoms with Crippen molar-refractivity contribution in [2.24, 2.45) is 5.92 Å². The summed E-state index contributed by atoms with van der Waals surface area (Å²) in [6.07, 6.45) is 3.59. The lowest BCUT2D eigenvalue weighted by atomic mass is 10.0. The highest BCUT2D eigenvalue weighted by Crippen LogP contribution is 2.06. The lowest BCUT2D eigenvalue weighted by Gasteiger charge is -2.17. The molecule has 0 aliphatic heterocycles. The average Bonchev–Trinajstić information content (AvgIpc) is 2.51. The van der Waals surface area contributed by atoms with E-state index in [0.717, 1.165) is 5.56 Å². The van der Waals surface area contributed by atoms with Gasteiger partial charge in [0, 0.05) is 18.9 Å². The van der Waals surface area contributed by atoms with E-state index in [2.05, 4.69) is 20.4 Å². The lowest BCUT2D eigenvalue weighted by Crippen LogP contribution is -2.48. The van der Waals surface area contributed by atoms with Crippen LogP contribution in [0.5, 0.6) is 0 Å². The molecule has 22 heavy (non-hydrogen) atoms. The van der Waals surface area contributed by atoms with E-state index >= 15 is 0 Å². The number of pyridine rings is 1. The van der Waals surface area contributed by atoms with Crippen molar-refractivity contribution in [2.75, 3.05) is 7.11 Å². The van der Waals surface area contributed by atoms with Gasteiger partial charge in [-0.15, -0.1) is 0 Å². The first-order valence-electron chi connectivity index (χ1n) is 6.99. The van der Waals surface area contributed by atoms with Crippen LogP contribution >= 0.6 is 0 Å². The molecular weight excluding hydrogens is 286 g/mol. The first-order valence-corrected chi connectivity index (χ1v) is 6.99. The summed E-state index contributed by atoms with van der Waals surface area (Å²) >= 11 is 0. The van der Waals surface area contributed by atoms with Crippen molar-refractivity contribution in [1.82, 2.24) is 15.6 Å². The largest absolute Gasteiger partial charge is 0.467 e. The van der Waals surface area contributed by atoms with Crippen LogP contribution in [0, 0.1) is 5.92 Å². The molecule has 0 aromatic carbocycles. The molecule has 0 unspecified atom stereocenters. The van der Waals surface area contributed by atoms with Crippen LogP contribution in [0.1, 0.15) is 25.8 Å². The fraction of sp³-hybridized carbons (Fsp3) is 0.467. The Morgan fingerprint density at radius 3 is 2.36 bits per heavy atom. The molecule has 0 fully saturated rings. The Hall–Kier alpha value is -2.44. The van der Waals surface area contributed by atoms with Crippen LogP contribution in [-0.4, -0.2) is 35.9 Å². The minimum Gasteiger partial charge on any atom is -0.467 e. The monoisotopic (exact) mass is 307 g/mol. The van der Waals surface area contributed by atoms with Crippen molar-refractivity contribution < 1.29 is 19.1 Å². The zero-order valence-corrected chi connectivity index (χ0v) is 13.0. The van der Waals surface area contributed by atoms with Crippen molar-refractivity contribution >= 4 is 17.8 Å². The lowest BCUT2D eigenvalue weighted by molar-refractivity contribution is -0.147. The van der Waals surface area contributed by atoms with Crippen LogP contribution in [0.15, 0.2) is 24.5 Å². The maximum Gasteiger partial charge on any atom is 0.328 e. The Bertz CT molecular complexity index is 517. The molecule has 2 N–H and O–H groups in total. The van der Waals surface area contributed by atoms with E-state index in [-0.39, 0.29) is 12.5 Å². The molecular formula is C15H21N3O4. The van der Waals surface area contributed by atoms with Gasteiger partial charge >= 0.3 is 17.8 Å². The highest BCUT2D eigenvalue weighted by Gasteiger charge is 2.25. The highest BCUT2D eigenvalue weighted by molar-refractivity contribution is 6.35. The summed E-state index contributed by atoms with van der Waals surface area (Å²) < 4.78 is 4.63. The molecule has 7 heteroatoms. The Morgan fingerprint density at radius 2 is 1.82 bits per heavy atom. The molecule has 1 aromatic heterocycles. The maximum atomic E-state index is 11.8. The molecule has 1 heterocycles. The third-order valence-corrected chi connectivity index (χ3v) is 2.91. The van der Waals surface area contributed by atoms with E-state index < -0.39 is 23.8 Å². The second-order valence-electron chi connectivity index (χ2n) is 5.22. The SMILES string of the molecule is COC(=O)[C@@H](CC(C)C)NC(=O)C(=O)NCc1ccncc1. The molecule has 7 nitrogen and oxygen atoms in total. The molecule has 1 atom stereocenters. The minimum atomic E-state index is -0.856. The van der Waals surface area contributed by atoms with E-state index in [9.17, 15) is 14.4 Å². The number of esters is 1. The van der Waals surface area contributed by atoms with Gasteiger partial charge in [0.25, 0.3) is 0 Å². The number of carbonyl (C=O) groups excluding carboxylic acids is 3. The number of aromatic nitrogens is 1. The van der Waals surface area contributed by atoms with Gasteiger partial charge in [-0.05, 0) is 30.0 Å². The molecule has 1 aromatic rings. The molecule has 0 saturated carbocycles. The highest BCUT2D eigenvalue weighted by atomic mass is 16.5. The smallest absolute Gasteiger partial charge is 0.328 e. The number of nitrogens with one attached hydrogen (secondary N) is 2. The predicted molar refractivity (Wildman–Crippen MR) is 79.5 cm³/mol. The van der Waals surface area contributed by atoms with Crippen LogP contribution in [0.2, 0.25) is 0 Å². The molecule has 120 valence electrons. The number of methoxy groups -OCH3 is 1. The molecule has 0 aliphatic rings. The van der Waals surface area contributed by atoms with E-state index in [1.54, 1.807) is 24.5 Å². The van der Waals surface area contributed by atoms with Crippen molar-refractivity contribution in [3.63, 3.8) is 0 Å². The van der Waals surface area contributed by atoms with Crippen molar-refractivity contribution in [2.45, 2.75) is 32.9 Å². The first-order chi connectivity index (χ1) is 10.4. The van der Waals surface area contributed by atoms with Gasteiger partial charge in [0.15, 0.2) is 0 Å². The number of nitrogens with zero attached hydrogens (tertiary/aromatic N) is 1. The molecule has 0 aliphatic carbocycles. The van der Waals surface area contributed by atoms with Crippen LogP contribution in [0.25, 0.3) is 0 Å². The summed E-state index contributed by atoms with van der Waals surface area (Å²) in [5, 5.41) is 4.88. The molecule has 0 spiro atoms. The zero-order valence-electron chi connectivity index (χ0n) is 13.0. The Labute approximate surface area is 129 Å². The van der Waals surface area contributed by atoms with Crippen LogP contribution in [-0.2, 0) is 25.7 Å². The van der Waals surface area contributed by atoms with Gasteiger partial charge in [-0.25, -0.2) is 4.79 Å². The number of hydrogen-bond acceptors (Lipinski definition) is 5. The quantitative estimate of drug-likeness (QED) is 0.586. The van der Waals surface area contributed by atoms with E-state index in [0.29, 0.717) is 6.42 Å². The molecule has 0 radical (unpaired) electrons. The Morgan fingerprint density at radius 1 is 1.18 bits per heavy atom. The van der Waals surface area contributed by atoms with Crippen LogP contribution in [0.4, 0.5) is 0 Å². The van der Waals surface area contributed by atoms with Crippen molar-refractivity contribution in [1.29, 1.82) is 0 Å². The summed E-state index contributed by atoms with van der Waals surface area (Å²) in [5.74, 6) is -2.05. The summed E-state index contributed by atoms with van der Waals surface area (Å²) in [7, 11) is 1.24. The zero-order chi connectivity index (χ0) is 16.5. The van der Waals surface area contributed by atoms with Crippen molar-refractivity contribution in [3.8, 4) is 0 Å². The summed E-state index contributed by atoms with van der Waals surface area (Å²) in [5.41, 5.74) is 0.822. The van der Waals surface area contributed by atoms with E-state index in [1.165, 1.54) is 7.11 Å². The normalized spacial score (nSPS) is 11.6. The summed E-state index contributed by atoms with van der Waals surface area (Å²) in [6.45, 7) is 4.03. The van der Waals surface area contributed by atoms with Gasteiger partial charge in [0.2, 0.25) is 0 Å². The minimum absolute atomic E-state index is 0.171. The Kier molecular flexibility index (Phi) is 7.01.